The van der Waals surface area contributed by atoms with Gasteiger partial charge in [-0.05, 0) is 30.9 Å². The molecule has 1 saturated heterocycles. The molecule has 170 valence electrons. The molecule has 2 aliphatic rings. The molecule has 0 radical (unpaired) electrons. The lowest BCUT2D eigenvalue weighted by molar-refractivity contribution is -0.137. The minimum Gasteiger partial charge on any atom is -0.342 e. The van der Waals surface area contributed by atoms with Crippen molar-refractivity contribution >= 4 is 29.3 Å². The molecule has 11 heteroatoms. The van der Waals surface area contributed by atoms with E-state index < -0.39 is 40.7 Å². The van der Waals surface area contributed by atoms with E-state index in [9.17, 15) is 27.6 Å². The summed E-state index contributed by atoms with van der Waals surface area (Å²) >= 11 is 0. The Morgan fingerprint density at radius 3 is 2.72 bits per heavy atom. The molecule has 2 amide bonds. The number of piperidine rings is 1. The van der Waals surface area contributed by atoms with Crippen molar-refractivity contribution in [3.05, 3.63) is 45.7 Å². The maximum absolute atomic E-state index is 13.3. The fourth-order valence-electron chi connectivity index (χ4n) is 4.17. The first-order valence-electron chi connectivity index (χ1n) is 10.3. The lowest BCUT2D eigenvalue weighted by atomic mass is 9.92. The predicted molar refractivity (Wildman–Crippen MR) is 112 cm³/mol. The number of para-hydroxylation sites is 1. The molecule has 32 heavy (non-hydrogen) atoms. The SMILES string of the molecule is C[C@H]1CCCN(c2nc3c(c(=O)[nH]2)[C@@H](C(=O)Nc2ccccc2C(F)(F)F)CC(=O)N3)C1. The molecule has 4 rings (SSSR count). The number of benzene rings is 1. The molecule has 3 heterocycles. The van der Waals surface area contributed by atoms with Gasteiger partial charge in [-0.3, -0.25) is 19.4 Å². The minimum absolute atomic E-state index is 0.0394. The molecule has 1 aromatic carbocycles. The first-order valence-corrected chi connectivity index (χ1v) is 10.3. The summed E-state index contributed by atoms with van der Waals surface area (Å²) in [7, 11) is 0. The van der Waals surface area contributed by atoms with Crippen LogP contribution in [0.3, 0.4) is 0 Å². The second-order valence-electron chi connectivity index (χ2n) is 8.18. The first kappa shape index (κ1) is 21.8. The second kappa shape index (κ2) is 8.29. The molecule has 3 N–H and O–H groups in total. The van der Waals surface area contributed by atoms with Gasteiger partial charge in [0.05, 0.1) is 22.7 Å². The van der Waals surface area contributed by atoms with Crippen LogP contribution in [0.25, 0.3) is 0 Å². The van der Waals surface area contributed by atoms with Crippen molar-refractivity contribution in [1.82, 2.24) is 9.97 Å². The summed E-state index contributed by atoms with van der Waals surface area (Å²) in [5.74, 6) is -2.04. The summed E-state index contributed by atoms with van der Waals surface area (Å²) in [6.07, 6.45) is -3.06. The molecule has 1 fully saturated rings. The van der Waals surface area contributed by atoms with E-state index in [0.717, 1.165) is 25.0 Å². The van der Waals surface area contributed by atoms with Gasteiger partial charge in [-0.1, -0.05) is 19.1 Å². The van der Waals surface area contributed by atoms with Gasteiger partial charge in [0.2, 0.25) is 17.8 Å². The maximum Gasteiger partial charge on any atom is 0.418 e. The maximum atomic E-state index is 13.3. The number of anilines is 3. The fraction of sp³-hybridized carbons (Fsp3) is 0.429. The van der Waals surface area contributed by atoms with E-state index in [1.165, 1.54) is 12.1 Å². The topological polar surface area (TPSA) is 107 Å². The van der Waals surface area contributed by atoms with Crippen LogP contribution >= 0.6 is 0 Å². The molecule has 2 aliphatic heterocycles. The average molecular weight is 449 g/mol. The normalized spacial score (nSPS) is 21.0. The molecule has 0 bridgehead atoms. The largest absolute Gasteiger partial charge is 0.418 e. The van der Waals surface area contributed by atoms with Gasteiger partial charge in [-0.15, -0.1) is 0 Å². The van der Waals surface area contributed by atoms with Gasteiger partial charge in [-0.25, -0.2) is 0 Å². The summed E-state index contributed by atoms with van der Waals surface area (Å²) < 4.78 is 39.8. The molecule has 1 aromatic heterocycles. The van der Waals surface area contributed by atoms with Gasteiger partial charge < -0.3 is 15.5 Å². The van der Waals surface area contributed by atoms with Gasteiger partial charge in [0.25, 0.3) is 5.56 Å². The number of hydrogen-bond donors (Lipinski definition) is 3. The van der Waals surface area contributed by atoms with Crippen molar-refractivity contribution in [3.8, 4) is 0 Å². The number of fused-ring (bicyclic) bond motifs is 1. The van der Waals surface area contributed by atoms with Crippen LogP contribution in [0.1, 0.15) is 43.2 Å². The summed E-state index contributed by atoms with van der Waals surface area (Å²) in [5, 5.41) is 4.75. The summed E-state index contributed by atoms with van der Waals surface area (Å²) in [6, 6.07) is 4.52. The van der Waals surface area contributed by atoms with Gasteiger partial charge in [0, 0.05) is 19.5 Å². The van der Waals surface area contributed by atoms with Crippen molar-refractivity contribution in [1.29, 1.82) is 0 Å². The highest BCUT2D eigenvalue weighted by atomic mass is 19.4. The van der Waals surface area contributed by atoms with Crippen LogP contribution in [0.2, 0.25) is 0 Å². The first-order chi connectivity index (χ1) is 15.1. The molecule has 0 spiro atoms. The summed E-state index contributed by atoms with van der Waals surface area (Å²) in [4.78, 5) is 46.9. The Morgan fingerprint density at radius 2 is 2.00 bits per heavy atom. The number of aromatic amines is 1. The quantitative estimate of drug-likeness (QED) is 0.668. The predicted octanol–water partition coefficient (Wildman–Crippen LogP) is 3.09. The Kier molecular flexibility index (Phi) is 5.66. The second-order valence-corrected chi connectivity index (χ2v) is 8.18. The number of nitrogens with zero attached hydrogens (tertiary/aromatic N) is 2. The van der Waals surface area contributed by atoms with E-state index in [4.69, 9.17) is 0 Å². The number of hydrogen-bond acceptors (Lipinski definition) is 5. The van der Waals surface area contributed by atoms with E-state index in [-0.39, 0.29) is 17.8 Å². The molecule has 2 aromatic rings. The monoisotopic (exact) mass is 449 g/mol. The highest BCUT2D eigenvalue weighted by Gasteiger charge is 2.38. The summed E-state index contributed by atoms with van der Waals surface area (Å²) in [6.45, 7) is 3.47. The van der Waals surface area contributed by atoms with Crippen molar-refractivity contribution in [2.45, 2.75) is 38.3 Å². The van der Waals surface area contributed by atoms with Gasteiger partial charge in [0.15, 0.2) is 0 Å². The number of H-pyrrole nitrogens is 1. The summed E-state index contributed by atoms with van der Waals surface area (Å²) in [5.41, 5.74) is -2.14. The van der Waals surface area contributed by atoms with Crippen LogP contribution in [0.5, 0.6) is 0 Å². The van der Waals surface area contributed by atoms with Crippen LogP contribution in [-0.2, 0) is 15.8 Å². The number of halogens is 3. The highest BCUT2D eigenvalue weighted by Crippen LogP contribution is 2.36. The van der Waals surface area contributed by atoms with Crippen LogP contribution in [-0.4, -0.2) is 34.9 Å². The standard InChI is InChI=1S/C21H22F3N5O3/c1-11-5-4-8-29(10-11)20-27-17-16(19(32)28-20)12(9-15(30)26-17)18(31)25-14-7-3-2-6-13(14)21(22,23)24/h2-3,6-7,11-12H,4-5,8-10H2,1H3,(H,25,31)(H2,26,27,28,30,32)/t11-,12-/m0/s1. The zero-order chi connectivity index (χ0) is 23.0. The number of carbonyl (C=O) groups is 2. The van der Waals surface area contributed by atoms with Crippen LogP contribution in [0.15, 0.2) is 29.1 Å². The third kappa shape index (κ3) is 4.32. The molecule has 8 nitrogen and oxygen atoms in total. The van der Waals surface area contributed by atoms with Gasteiger partial charge >= 0.3 is 6.18 Å². The molecule has 2 atom stereocenters. The smallest absolute Gasteiger partial charge is 0.342 e. The lowest BCUT2D eigenvalue weighted by Gasteiger charge is -2.32. The van der Waals surface area contributed by atoms with Gasteiger partial charge in [0.1, 0.15) is 5.82 Å². The minimum atomic E-state index is -4.68. The third-order valence-electron chi connectivity index (χ3n) is 5.70. The van der Waals surface area contributed by atoms with Crippen molar-refractivity contribution in [2.24, 2.45) is 5.92 Å². The number of amides is 2. The molecule has 0 aliphatic carbocycles. The Morgan fingerprint density at radius 1 is 1.25 bits per heavy atom. The van der Waals surface area contributed by atoms with E-state index in [2.05, 4.69) is 27.5 Å². The fourth-order valence-corrected chi connectivity index (χ4v) is 4.17. The van der Waals surface area contributed by atoms with Crippen molar-refractivity contribution in [2.75, 3.05) is 28.6 Å². The molecule has 0 saturated carbocycles. The van der Waals surface area contributed by atoms with Crippen molar-refractivity contribution < 1.29 is 22.8 Å². The van der Waals surface area contributed by atoms with Gasteiger partial charge in [-0.2, -0.15) is 18.2 Å². The third-order valence-corrected chi connectivity index (χ3v) is 5.70. The lowest BCUT2D eigenvalue weighted by Crippen LogP contribution is -2.40. The molecule has 0 unspecified atom stereocenters. The van der Waals surface area contributed by atoms with E-state index in [1.54, 1.807) is 0 Å². The number of carbonyl (C=O) groups excluding carboxylic acids is 2. The Balaban J connectivity index is 1.66. The van der Waals surface area contributed by atoms with E-state index in [1.807, 2.05) is 4.90 Å². The Labute approximate surface area is 181 Å². The van der Waals surface area contributed by atoms with Crippen LogP contribution in [0.4, 0.5) is 30.6 Å². The number of aromatic nitrogens is 2. The average Bonchev–Trinajstić information content (AvgIpc) is 2.72. The molecular weight excluding hydrogens is 427 g/mol. The number of rotatable bonds is 3. The number of alkyl halides is 3. The molecular formula is C21H22F3N5O3. The van der Waals surface area contributed by atoms with E-state index >= 15 is 0 Å². The van der Waals surface area contributed by atoms with E-state index in [0.29, 0.717) is 25.0 Å². The Bertz CT molecular complexity index is 1110. The van der Waals surface area contributed by atoms with Crippen molar-refractivity contribution in [3.63, 3.8) is 0 Å². The van der Waals surface area contributed by atoms with Crippen LogP contribution < -0.4 is 21.1 Å². The Hall–Kier alpha value is -3.37. The zero-order valence-electron chi connectivity index (χ0n) is 17.3. The zero-order valence-corrected chi connectivity index (χ0v) is 17.3. The number of nitrogens with one attached hydrogen (secondary N) is 3. The van der Waals surface area contributed by atoms with Crippen LogP contribution in [0, 0.1) is 5.92 Å². The highest BCUT2D eigenvalue weighted by molar-refractivity contribution is 6.04.